The predicted octanol–water partition coefficient (Wildman–Crippen LogP) is 4.49. The molecule has 0 spiro atoms. The minimum Gasteiger partial charge on any atom is -0.454 e. The lowest BCUT2D eigenvalue weighted by Crippen LogP contribution is -2.09. The molecule has 2 aromatic rings. The van der Waals surface area contributed by atoms with Crippen LogP contribution in [0.25, 0.3) is 0 Å². The minimum absolute atomic E-state index is 0.228. The molecule has 20 heavy (non-hydrogen) atoms. The van der Waals surface area contributed by atoms with Crippen LogP contribution in [0.4, 0.5) is 5.69 Å². The summed E-state index contributed by atoms with van der Waals surface area (Å²) in [6.07, 6.45) is -0.362. The number of ether oxygens (including phenoxy) is 1. The Hall–Kier alpha value is -1.71. The van der Waals surface area contributed by atoms with Gasteiger partial charge < -0.3 is 10.5 Å². The van der Waals surface area contributed by atoms with Crippen molar-refractivity contribution in [3.05, 3.63) is 63.6 Å². The zero-order valence-corrected chi connectivity index (χ0v) is 12.3. The first kappa shape index (κ1) is 14.7. The van der Waals surface area contributed by atoms with E-state index in [1.807, 2.05) is 30.3 Å². The van der Waals surface area contributed by atoms with E-state index in [1.54, 1.807) is 6.92 Å². The fourth-order valence-corrected chi connectivity index (χ4v) is 2.08. The first-order valence-electron chi connectivity index (χ1n) is 5.99. The van der Waals surface area contributed by atoms with Gasteiger partial charge in [-0.1, -0.05) is 53.5 Å². The molecule has 0 radical (unpaired) electrons. The maximum Gasteiger partial charge on any atom is 0.338 e. The molecule has 0 saturated carbocycles. The molecule has 0 saturated heterocycles. The molecule has 5 heteroatoms. The van der Waals surface area contributed by atoms with E-state index in [-0.39, 0.29) is 27.4 Å². The van der Waals surface area contributed by atoms with E-state index in [1.165, 1.54) is 12.1 Å². The Bertz CT molecular complexity index is 606. The first-order valence-corrected chi connectivity index (χ1v) is 6.75. The molecule has 104 valence electrons. The Kier molecular flexibility index (Phi) is 4.53. The molecule has 0 aliphatic heterocycles. The van der Waals surface area contributed by atoms with Crippen LogP contribution in [-0.4, -0.2) is 5.97 Å². The lowest BCUT2D eigenvalue weighted by molar-refractivity contribution is 0.0338. The van der Waals surface area contributed by atoms with Gasteiger partial charge in [0, 0.05) is 0 Å². The van der Waals surface area contributed by atoms with Crippen molar-refractivity contribution in [1.82, 2.24) is 0 Å². The summed E-state index contributed by atoms with van der Waals surface area (Å²) >= 11 is 11.7. The summed E-state index contributed by atoms with van der Waals surface area (Å²) in [7, 11) is 0. The second-order valence-corrected chi connectivity index (χ2v) is 5.10. The zero-order valence-electron chi connectivity index (χ0n) is 10.8. The van der Waals surface area contributed by atoms with Gasteiger partial charge in [0.25, 0.3) is 0 Å². The number of nitrogen functional groups attached to an aromatic ring is 1. The van der Waals surface area contributed by atoms with Crippen LogP contribution in [0.3, 0.4) is 0 Å². The van der Waals surface area contributed by atoms with Crippen molar-refractivity contribution in [3.63, 3.8) is 0 Å². The van der Waals surface area contributed by atoms with Crippen molar-refractivity contribution in [2.75, 3.05) is 5.73 Å². The van der Waals surface area contributed by atoms with Crippen LogP contribution in [-0.2, 0) is 4.74 Å². The summed E-state index contributed by atoms with van der Waals surface area (Å²) < 4.78 is 5.38. The maximum atomic E-state index is 12.1. The van der Waals surface area contributed by atoms with Gasteiger partial charge in [-0.2, -0.15) is 0 Å². The largest absolute Gasteiger partial charge is 0.454 e. The van der Waals surface area contributed by atoms with E-state index in [0.717, 1.165) is 5.56 Å². The van der Waals surface area contributed by atoms with Crippen molar-refractivity contribution in [2.24, 2.45) is 0 Å². The Morgan fingerprint density at radius 1 is 1.20 bits per heavy atom. The van der Waals surface area contributed by atoms with Crippen molar-refractivity contribution >= 4 is 34.9 Å². The van der Waals surface area contributed by atoms with Gasteiger partial charge in [0.2, 0.25) is 0 Å². The Morgan fingerprint density at radius 2 is 1.85 bits per heavy atom. The first-order chi connectivity index (χ1) is 9.49. The number of nitrogens with two attached hydrogens (primary N) is 1. The van der Waals surface area contributed by atoms with Crippen molar-refractivity contribution in [1.29, 1.82) is 0 Å². The van der Waals surface area contributed by atoms with Crippen molar-refractivity contribution in [2.45, 2.75) is 13.0 Å². The summed E-state index contributed by atoms with van der Waals surface area (Å²) in [5.41, 5.74) is 7.11. The van der Waals surface area contributed by atoms with E-state index in [0.29, 0.717) is 0 Å². The molecule has 2 aromatic carbocycles. The monoisotopic (exact) mass is 309 g/mol. The van der Waals surface area contributed by atoms with E-state index in [9.17, 15) is 4.79 Å². The Labute approximate surface area is 127 Å². The van der Waals surface area contributed by atoms with Crippen LogP contribution in [0.1, 0.15) is 28.9 Å². The second kappa shape index (κ2) is 6.16. The summed E-state index contributed by atoms with van der Waals surface area (Å²) in [5.74, 6) is -0.494. The molecule has 1 unspecified atom stereocenters. The van der Waals surface area contributed by atoms with Gasteiger partial charge in [-0.25, -0.2) is 4.79 Å². The highest BCUT2D eigenvalue weighted by molar-refractivity contribution is 6.43. The molecule has 0 amide bonds. The molecule has 0 heterocycles. The molecule has 0 aromatic heterocycles. The third-order valence-corrected chi connectivity index (χ3v) is 3.66. The summed E-state index contributed by atoms with van der Waals surface area (Å²) in [5, 5.41) is 0.463. The van der Waals surface area contributed by atoms with Gasteiger partial charge in [-0.05, 0) is 24.6 Å². The smallest absolute Gasteiger partial charge is 0.338 e. The van der Waals surface area contributed by atoms with Crippen molar-refractivity contribution in [3.8, 4) is 0 Å². The van der Waals surface area contributed by atoms with Gasteiger partial charge in [0.05, 0.1) is 21.3 Å². The molecule has 1 atom stereocenters. The van der Waals surface area contributed by atoms with Crippen LogP contribution in [0, 0.1) is 0 Å². The molecule has 3 nitrogen and oxygen atoms in total. The number of carbonyl (C=O) groups excluding carboxylic acids is 1. The van der Waals surface area contributed by atoms with Gasteiger partial charge in [-0.15, -0.1) is 0 Å². The SMILES string of the molecule is CC(OC(=O)c1cc(N)c(Cl)c(Cl)c1)c1ccccc1. The normalized spacial score (nSPS) is 11.9. The molecule has 0 aliphatic carbocycles. The molecular weight excluding hydrogens is 297 g/mol. The number of carbonyl (C=O) groups is 1. The average Bonchev–Trinajstić information content (AvgIpc) is 2.45. The lowest BCUT2D eigenvalue weighted by Gasteiger charge is -2.14. The number of halogens is 2. The van der Waals surface area contributed by atoms with E-state index < -0.39 is 5.97 Å². The third kappa shape index (κ3) is 3.24. The molecule has 0 fully saturated rings. The van der Waals surface area contributed by atoms with Gasteiger partial charge in [-0.3, -0.25) is 0 Å². The van der Waals surface area contributed by atoms with Gasteiger partial charge in [0.15, 0.2) is 0 Å². The van der Waals surface area contributed by atoms with Crippen LogP contribution >= 0.6 is 23.2 Å². The lowest BCUT2D eigenvalue weighted by atomic mass is 10.1. The Balaban J connectivity index is 2.17. The fraction of sp³-hybridized carbons (Fsp3) is 0.133. The highest BCUT2D eigenvalue weighted by Crippen LogP contribution is 2.30. The highest BCUT2D eigenvalue weighted by atomic mass is 35.5. The highest BCUT2D eigenvalue weighted by Gasteiger charge is 2.16. The van der Waals surface area contributed by atoms with Gasteiger partial charge >= 0.3 is 5.97 Å². The molecule has 0 bridgehead atoms. The second-order valence-electron chi connectivity index (χ2n) is 4.32. The number of benzene rings is 2. The third-order valence-electron chi connectivity index (χ3n) is 2.84. The maximum absolute atomic E-state index is 12.1. The van der Waals surface area contributed by atoms with Crippen LogP contribution in [0.15, 0.2) is 42.5 Å². The van der Waals surface area contributed by atoms with E-state index in [4.69, 9.17) is 33.7 Å². The molecule has 0 aliphatic rings. The number of hydrogen-bond acceptors (Lipinski definition) is 3. The summed E-state index contributed by atoms with van der Waals surface area (Å²) in [6.45, 7) is 1.80. The van der Waals surface area contributed by atoms with Crippen LogP contribution < -0.4 is 5.73 Å². The number of hydrogen-bond donors (Lipinski definition) is 1. The molecule has 2 rings (SSSR count). The van der Waals surface area contributed by atoms with Crippen LogP contribution in [0.5, 0.6) is 0 Å². The van der Waals surface area contributed by atoms with Gasteiger partial charge in [0.1, 0.15) is 6.10 Å². The van der Waals surface area contributed by atoms with Crippen molar-refractivity contribution < 1.29 is 9.53 Å². The molecular formula is C15H13Cl2NO2. The van der Waals surface area contributed by atoms with Crippen LogP contribution in [0.2, 0.25) is 10.0 Å². The number of rotatable bonds is 3. The zero-order chi connectivity index (χ0) is 14.7. The Morgan fingerprint density at radius 3 is 2.45 bits per heavy atom. The summed E-state index contributed by atoms with van der Waals surface area (Å²) in [6, 6.07) is 12.3. The van der Waals surface area contributed by atoms with E-state index in [2.05, 4.69) is 0 Å². The van der Waals surface area contributed by atoms with E-state index >= 15 is 0 Å². The minimum atomic E-state index is -0.494. The predicted molar refractivity (Wildman–Crippen MR) is 81.1 cm³/mol. The topological polar surface area (TPSA) is 52.3 Å². The standard InChI is InChI=1S/C15H13Cl2NO2/c1-9(10-5-3-2-4-6-10)20-15(19)11-7-12(16)14(17)13(18)8-11/h2-9H,18H2,1H3. The quantitative estimate of drug-likeness (QED) is 0.671. The number of anilines is 1. The fourth-order valence-electron chi connectivity index (χ4n) is 1.75. The molecule has 2 N–H and O–H groups in total. The number of esters is 1. The average molecular weight is 310 g/mol. The summed E-state index contributed by atoms with van der Waals surface area (Å²) in [4.78, 5) is 12.1.